The molecule has 29 heavy (non-hydrogen) atoms. The smallest absolute Gasteiger partial charge is 0.267 e. The molecule has 0 aliphatic rings. The van der Waals surface area contributed by atoms with Crippen molar-refractivity contribution in [2.24, 2.45) is 0 Å². The van der Waals surface area contributed by atoms with Crippen LogP contribution in [0.3, 0.4) is 0 Å². The van der Waals surface area contributed by atoms with E-state index in [0.717, 1.165) is 16.2 Å². The Hall–Kier alpha value is -3.38. The van der Waals surface area contributed by atoms with E-state index < -0.39 is 0 Å². The molecule has 0 atom stereocenters. The van der Waals surface area contributed by atoms with Gasteiger partial charge in [-0.2, -0.15) is 0 Å². The molecule has 0 saturated carbocycles. The fourth-order valence-corrected chi connectivity index (χ4v) is 3.25. The van der Waals surface area contributed by atoms with Crippen LogP contribution in [0.2, 0.25) is 0 Å². The predicted octanol–water partition coefficient (Wildman–Crippen LogP) is 4.02. The van der Waals surface area contributed by atoms with Gasteiger partial charge in [-0.15, -0.1) is 11.3 Å². The molecule has 0 unspecified atom stereocenters. The molecule has 2 N–H and O–H groups in total. The highest BCUT2D eigenvalue weighted by Gasteiger charge is 2.14. The number of aryl methyl sites for hydroxylation is 1. The first-order valence-electron chi connectivity index (χ1n) is 9.21. The summed E-state index contributed by atoms with van der Waals surface area (Å²) in [5.74, 6) is 0.0565. The standard InChI is InChI=1S/C23H22N2O3S/c1-17-7-5-10-19(15-17)28-13-12-24-23(27)21(16-20-11-6-14-29-20)25-22(26)18-8-3-2-4-9-18/h2-11,14-16H,12-13H2,1H3,(H,24,27)(H,25,26)/b21-16-. The monoisotopic (exact) mass is 406 g/mol. The Morgan fingerprint density at radius 3 is 2.59 bits per heavy atom. The fraction of sp³-hybridized carbons (Fsp3) is 0.130. The van der Waals surface area contributed by atoms with Gasteiger partial charge in [-0.3, -0.25) is 9.59 Å². The zero-order valence-electron chi connectivity index (χ0n) is 16.1. The molecule has 0 fully saturated rings. The Labute approximate surface area is 174 Å². The van der Waals surface area contributed by atoms with Gasteiger partial charge in [-0.25, -0.2) is 0 Å². The van der Waals surface area contributed by atoms with E-state index in [2.05, 4.69) is 10.6 Å². The highest BCUT2D eigenvalue weighted by Crippen LogP contribution is 2.14. The van der Waals surface area contributed by atoms with E-state index in [1.165, 1.54) is 11.3 Å². The average Bonchev–Trinajstić information content (AvgIpc) is 3.24. The van der Waals surface area contributed by atoms with Gasteiger partial charge in [0.05, 0.1) is 6.54 Å². The molecule has 148 valence electrons. The third-order valence-electron chi connectivity index (χ3n) is 4.00. The molecular weight excluding hydrogens is 384 g/mol. The third kappa shape index (κ3) is 6.33. The Kier molecular flexibility index (Phi) is 7.19. The molecule has 0 aliphatic heterocycles. The summed E-state index contributed by atoms with van der Waals surface area (Å²) >= 11 is 1.49. The number of carbonyl (C=O) groups excluding carboxylic acids is 2. The lowest BCUT2D eigenvalue weighted by Crippen LogP contribution is -2.36. The van der Waals surface area contributed by atoms with Crippen molar-refractivity contribution in [2.75, 3.05) is 13.2 Å². The summed E-state index contributed by atoms with van der Waals surface area (Å²) in [6.45, 7) is 2.63. The van der Waals surface area contributed by atoms with Gasteiger partial charge in [0.15, 0.2) is 0 Å². The maximum absolute atomic E-state index is 12.7. The lowest BCUT2D eigenvalue weighted by Gasteiger charge is -2.12. The molecule has 3 rings (SSSR count). The Balaban J connectivity index is 1.61. The highest BCUT2D eigenvalue weighted by atomic mass is 32.1. The number of ether oxygens (including phenoxy) is 1. The molecule has 0 aliphatic carbocycles. The SMILES string of the molecule is Cc1cccc(OCCNC(=O)/C(=C/c2cccs2)NC(=O)c2ccccc2)c1. The minimum Gasteiger partial charge on any atom is -0.492 e. The van der Waals surface area contributed by atoms with Crippen molar-refractivity contribution in [3.63, 3.8) is 0 Å². The largest absolute Gasteiger partial charge is 0.492 e. The number of hydrogen-bond donors (Lipinski definition) is 2. The van der Waals surface area contributed by atoms with E-state index >= 15 is 0 Å². The molecule has 2 aromatic carbocycles. The zero-order chi connectivity index (χ0) is 20.5. The van der Waals surface area contributed by atoms with E-state index in [1.807, 2.05) is 54.8 Å². The molecule has 0 radical (unpaired) electrons. The van der Waals surface area contributed by atoms with Crippen LogP contribution in [-0.2, 0) is 4.79 Å². The van der Waals surface area contributed by atoms with Crippen LogP contribution in [0.4, 0.5) is 0 Å². The van der Waals surface area contributed by atoms with E-state index in [1.54, 1.807) is 30.3 Å². The number of nitrogens with one attached hydrogen (secondary N) is 2. The molecule has 0 saturated heterocycles. The number of hydrogen-bond acceptors (Lipinski definition) is 4. The van der Waals surface area contributed by atoms with Crippen molar-refractivity contribution in [2.45, 2.75) is 6.92 Å². The topological polar surface area (TPSA) is 67.4 Å². The van der Waals surface area contributed by atoms with Gasteiger partial charge >= 0.3 is 0 Å². The number of thiophene rings is 1. The first-order valence-corrected chi connectivity index (χ1v) is 10.1. The maximum atomic E-state index is 12.7. The molecule has 3 aromatic rings. The van der Waals surface area contributed by atoms with Crippen molar-refractivity contribution < 1.29 is 14.3 Å². The van der Waals surface area contributed by atoms with Crippen LogP contribution in [0.15, 0.2) is 77.8 Å². The summed E-state index contributed by atoms with van der Waals surface area (Å²) in [6, 6.07) is 20.3. The summed E-state index contributed by atoms with van der Waals surface area (Å²) in [7, 11) is 0. The molecule has 6 heteroatoms. The number of amides is 2. The molecule has 0 spiro atoms. The minimum absolute atomic E-state index is 0.192. The fourth-order valence-electron chi connectivity index (χ4n) is 2.59. The van der Waals surface area contributed by atoms with Crippen molar-refractivity contribution in [3.05, 3.63) is 93.8 Å². The first kappa shape index (κ1) is 20.4. The first-order chi connectivity index (χ1) is 14.1. The second-order valence-electron chi connectivity index (χ2n) is 6.31. The second-order valence-corrected chi connectivity index (χ2v) is 7.29. The molecule has 0 bridgehead atoms. The summed E-state index contributed by atoms with van der Waals surface area (Å²) in [5, 5.41) is 7.42. The van der Waals surface area contributed by atoms with Gasteiger partial charge in [0.2, 0.25) is 0 Å². The van der Waals surface area contributed by atoms with E-state index in [4.69, 9.17) is 4.74 Å². The number of carbonyl (C=O) groups is 2. The van der Waals surface area contributed by atoms with Gasteiger partial charge in [-0.1, -0.05) is 36.4 Å². The maximum Gasteiger partial charge on any atom is 0.267 e. The summed E-state index contributed by atoms with van der Waals surface area (Å²) < 4.78 is 5.65. The highest BCUT2D eigenvalue weighted by molar-refractivity contribution is 7.10. The quantitative estimate of drug-likeness (QED) is 0.439. The van der Waals surface area contributed by atoms with Crippen LogP contribution in [0.1, 0.15) is 20.8 Å². The normalized spacial score (nSPS) is 11.0. The van der Waals surface area contributed by atoms with Crippen LogP contribution >= 0.6 is 11.3 Å². The second kappa shape index (κ2) is 10.2. The van der Waals surface area contributed by atoms with Crippen LogP contribution in [0.5, 0.6) is 5.75 Å². The van der Waals surface area contributed by atoms with Crippen molar-refractivity contribution in [1.29, 1.82) is 0 Å². The molecule has 1 heterocycles. The van der Waals surface area contributed by atoms with E-state index in [-0.39, 0.29) is 17.5 Å². The van der Waals surface area contributed by atoms with Crippen molar-refractivity contribution >= 4 is 29.2 Å². The lowest BCUT2D eigenvalue weighted by molar-refractivity contribution is -0.117. The van der Waals surface area contributed by atoms with Gasteiger partial charge in [0, 0.05) is 10.4 Å². The molecular formula is C23H22N2O3S. The Morgan fingerprint density at radius 2 is 1.86 bits per heavy atom. The molecule has 1 aromatic heterocycles. The molecule has 5 nitrogen and oxygen atoms in total. The van der Waals surface area contributed by atoms with Crippen LogP contribution < -0.4 is 15.4 Å². The third-order valence-corrected chi connectivity index (χ3v) is 4.82. The van der Waals surface area contributed by atoms with Gasteiger partial charge in [-0.05, 0) is 54.3 Å². The zero-order valence-corrected chi connectivity index (χ0v) is 16.9. The predicted molar refractivity (Wildman–Crippen MR) is 116 cm³/mol. The Bertz CT molecular complexity index is 982. The lowest BCUT2D eigenvalue weighted by atomic mass is 10.2. The minimum atomic E-state index is -0.365. The van der Waals surface area contributed by atoms with Crippen LogP contribution in [0.25, 0.3) is 6.08 Å². The summed E-state index contributed by atoms with van der Waals surface area (Å²) in [6.07, 6.45) is 1.67. The van der Waals surface area contributed by atoms with Crippen molar-refractivity contribution in [1.82, 2.24) is 10.6 Å². The summed E-state index contributed by atoms with van der Waals surface area (Å²) in [5.41, 5.74) is 1.79. The van der Waals surface area contributed by atoms with Crippen LogP contribution in [0, 0.1) is 6.92 Å². The average molecular weight is 407 g/mol. The molecule has 2 amide bonds. The van der Waals surface area contributed by atoms with Gasteiger partial charge in [0.25, 0.3) is 11.8 Å². The number of benzene rings is 2. The van der Waals surface area contributed by atoms with Crippen LogP contribution in [-0.4, -0.2) is 25.0 Å². The van der Waals surface area contributed by atoms with Gasteiger partial charge in [0.1, 0.15) is 18.1 Å². The van der Waals surface area contributed by atoms with Crippen molar-refractivity contribution in [3.8, 4) is 5.75 Å². The van der Waals surface area contributed by atoms with E-state index in [9.17, 15) is 9.59 Å². The van der Waals surface area contributed by atoms with Gasteiger partial charge < -0.3 is 15.4 Å². The number of rotatable bonds is 8. The van der Waals surface area contributed by atoms with E-state index in [0.29, 0.717) is 18.7 Å². The summed E-state index contributed by atoms with van der Waals surface area (Å²) in [4.78, 5) is 26.0. The Morgan fingerprint density at radius 1 is 1.03 bits per heavy atom.